The average molecular weight is 322 g/mol. The van der Waals surface area contributed by atoms with E-state index in [0.717, 1.165) is 0 Å². The third kappa shape index (κ3) is 23.2. The minimum absolute atomic E-state index is 0. The second kappa shape index (κ2) is 24.2. The van der Waals surface area contributed by atoms with Crippen LogP contribution in [0.3, 0.4) is 0 Å². The monoisotopic (exact) mass is 321 g/mol. The van der Waals surface area contributed by atoms with Crippen molar-refractivity contribution in [3.8, 4) is 0 Å². The molecular weight excluding hydrogens is 277 g/mol. The Morgan fingerprint density at radius 2 is 0.682 bits per heavy atom. The second-order valence-corrected chi connectivity index (χ2v) is 6.70. The third-order valence-corrected chi connectivity index (χ3v) is 4.41. The van der Waals surface area contributed by atoms with E-state index >= 15 is 0 Å². The van der Waals surface area contributed by atoms with Crippen LogP contribution >= 0.6 is 0 Å². The van der Waals surface area contributed by atoms with Crippen molar-refractivity contribution in [2.24, 2.45) is 0 Å². The third-order valence-electron chi connectivity index (χ3n) is 4.41. The summed E-state index contributed by atoms with van der Waals surface area (Å²) in [4.78, 5) is 0. The first kappa shape index (κ1) is 25.2. The molecule has 0 amide bonds. The fraction of sp³-hybridized carbons (Fsp3) is 1.00. The Morgan fingerprint density at radius 1 is 0.409 bits per heavy atom. The van der Waals surface area contributed by atoms with Crippen LogP contribution in [0.4, 0.5) is 0 Å². The second-order valence-electron chi connectivity index (χ2n) is 6.70. The van der Waals surface area contributed by atoms with Gasteiger partial charge in [-0.15, -0.1) is 0 Å². The summed E-state index contributed by atoms with van der Waals surface area (Å²) in [7, 11) is 0. The van der Waals surface area contributed by atoms with Gasteiger partial charge in [-0.05, 0) is 25.9 Å². The quantitative estimate of drug-likeness (QED) is 0.234. The molecule has 0 radical (unpaired) electrons. The molecule has 1 nitrogen and oxygen atoms in total. The summed E-state index contributed by atoms with van der Waals surface area (Å²) in [5.74, 6) is 0. The van der Waals surface area contributed by atoms with Crippen LogP contribution in [-0.2, 0) is 0 Å². The first-order valence-corrected chi connectivity index (χ1v) is 10.1. The van der Waals surface area contributed by atoms with Gasteiger partial charge in [0, 0.05) is 0 Å². The van der Waals surface area contributed by atoms with Gasteiger partial charge in [0.25, 0.3) is 0 Å². The van der Waals surface area contributed by atoms with Gasteiger partial charge in [0.05, 0.1) is 0 Å². The molecule has 0 aromatic rings. The van der Waals surface area contributed by atoms with E-state index in [-0.39, 0.29) is 29.6 Å². The van der Waals surface area contributed by atoms with Crippen LogP contribution in [0, 0.1) is 0 Å². The molecule has 2 heteroatoms. The molecule has 0 aromatic carbocycles. The van der Waals surface area contributed by atoms with Gasteiger partial charge in [0.1, 0.15) is 0 Å². The van der Waals surface area contributed by atoms with Crippen molar-refractivity contribution in [2.75, 3.05) is 13.1 Å². The van der Waals surface area contributed by atoms with E-state index < -0.39 is 0 Å². The van der Waals surface area contributed by atoms with Crippen LogP contribution in [-0.4, -0.2) is 42.6 Å². The van der Waals surface area contributed by atoms with Crippen LogP contribution in [0.15, 0.2) is 0 Å². The van der Waals surface area contributed by atoms with Gasteiger partial charge in [-0.3, -0.25) is 0 Å². The van der Waals surface area contributed by atoms with Crippen molar-refractivity contribution >= 4 is 29.6 Å². The zero-order chi connectivity index (χ0) is 15.4. The summed E-state index contributed by atoms with van der Waals surface area (Å²) in [6.45, 7) is 7.06. The van der Waals surface area contributed by atoms with E-state index in [0.29, 0.717) is 0 Å². The molecule has 1 N–H and O–H groups in total. The van der Waals surface area contributed by atoms with E-state index in [1.165, 1.54) is 116 Å². The molecule has 0 heterocycles. The van der Waals surface area contributed by atoms with Crippen LogP contribution in [0.2, 0.25) is 0 Å². The number of hydrogen-bond acceptors (Lipinski definition) is 1. The summed E-state index contributed by atoms with van der Waals surface area (Å²) >= 11 is 0. The van der Waals surface area contributed by atoms with Gasteiger partial charge < -0.3 is 5.32 Å². The molecule has 0 rings (SSSR count). The summed E-state index contributed by atoms with van der Waals surface area (Å²) in [5.41, 5.74) is 0. The molecule has 0 saturated carbocycles. The predicted octanol–water partition coefficient (Wildman–Crippen LogP) is 6.21. The summed E-state index contributed by atoms with van der Waals surface area (Å²) in [6.07, 6.45) is 22.8. The maximum absolute atomic E-state index is 3.61. The number of nitrogens with one attached hydrogen (secondary N) is 1. The van der Waals surface area contributed by atoms with Crippen molar-refractivity contribution in [3.63, 3.8) is 0 Å². The van der Waals surface area contributed by atoms with Gasteiger partial charge in [-0.1, -0.05) is 104 Å². The molecule has 0 aliphatic heterocycles. The minimum atomic E-state index is 0. The topological polar surface area (TPSA) is 12.0 Å². The fourth-order valence-electron chi connectivity index (χ4n) is 2.89. The fourth-order valence-corrected chi connectivity index (χ4v) is 2.89. The predicted molar refractivity (Wildman–Crippen MR) is 105 cm³/mol. The molecule has 0 atom stereocenters. The van der Waals surface area contributed by atoms with Gasteiger partial charge >= 0.3 is 29.6 Å². The van der Waals surface area contributed by atoms with E-state index in [2.05, 4.69) is 19.2 Å². The van der Waals surface area contributed by atoms with E-state index in [4.69, 9.17) is 0 Å². The Morgan fingerprint density at radius 3 is 1.00 bits per heavy atom. The number of unbranched alkanes of at least 4 members (excludes halogenated alkanes) is 14. The number of rotatable bonds is 18. The van der Waals surface area contributed by atoms with Crippen molar-refractivity contribution in [1.29, 1.82) is 0 Å². The average Bonchev–Trinajstić information content (AvgIpc) is 2.50. The molecule has 22 heavy (non-hydrogen) atoms. The summed E-state index contributed by atoms with van der Waals surface area (Å²) in [5, 5.41) is 3.61. The van der Waals surface area contributed by atoms with Gasteiger partial charge in [-0.2, -0.15) is 0 Å². The molecule has 0 fully saturated rings. The Kier molecular flexibility index (Phi) is 27.7. The molecular formula is C20H44NNa. The van der Waals surface area contributed by atoms with Gasteiger partial charge in [0.2, 0.25) is 0 Å². The van der Waals surface area contributed by atoms with Crippen molar-refractivity contribution in [2.45, 2.75) is 117 Å². The van der Waals surface area contributed by atoms with E-state index in [1.54, 1.807) is 0 Å². The van der Waals surface area contributed by atoms with Gasteiger partial charge in [0.15, 0.2) is 0 Å². The summed E-state index contributed by atoms with van der Waals surface area (Å²) in [6, 6.07) is 0. The maximum atomic E-state index is 3.61. The Bertz CT molecular complexity index is 155. The molecule has 130 valence electrons. The summed E-state index contributed by atoms with van der Waals surface area (Å²) < 4.78 is 0. The van der Waals surface area contributed by atoms with E-state index in [9.17, 15) is 0 Å². The van der Waals surface area contributed by atoms with E-state index in [1.807, 2.05) is 0 Å². The molecule has 0 aliphatic carbocycles. The normalized spacial score (nSPS) is 10.6. The van der Waals surface area contributed by atoms with Crippen molar-refractivity contribution in [3.05, 3.63) is 0 Å². The Balaban J connectivity index is 0. The van der Waals surface area contributed by atoms with Crippen molar-refractivity contribution < 1.29 is 0 Å². The van der Waals surface area contributed by atoms with Crippen LogP contribution in [0.5, 0.6) is 0 Å². The zero-order valence-corrected chi connectivity index (χ0v) is 15.2. The molecule has 0 saturated heterocycles. The standard InChI is InChI=1S/C20H43N.Na.H/c1-3-5-7-9-11-13-15-17-19-21-20-18-16-14-12-10-8-6-4-2;;/h21H,3-20H2,1-2H3;;. The SMILES string of the molecule is CCCCCCCCCCNCCCCCCCCCC.[NaH]. The first-order chi connectivity index (χ1) is 10.4. The Labute approximate surface area is 164 Å². The molecule has 0 unspecified atom stereocenters. The zero-order valence-electron chi connectivity index (χ0n) is 15.2. The van der Waals surface area contributed by atoms with Crippen LogP contribution in [0.1, 0.15) is 117 Å². The molecule has 0 spiro atoms. The molecule has 0 aromatic heterocycles. The van der Waals surface area contributed by atoms with Crippen molar-refractivity contribution in [1.82, 2.24) is 5.32 Å². The van der Waals surface area contributed by atoms with Crippen LogP contribution < -0.4 is 5.32 Å². The molecule has 0 aliphatic rings. The number of hydrogen-bond donors (Lipinski definition) is 1. The van der Waals surface area contributed by atoms with Crippen LogP contribution in [0.25, 0.3) is 0 Å². The molecule has 0 bridgehead atoms. The van der Waals surface area contributed by atoms with Gasteiger partial charge in [-0.25, -0.2) is 0 Å². The Hall–Kier alpha value is 0.960. The first-order valence-electron chi connectivity index (χ1n) is 10.1.